The van der Waals surface area contributed by atoms with Gasteiger partial charge in [-0.2, -0.15) is 0 Å². The summed E-state index contributed by atoms with van der Waals surface area (Å²) < 4.78 is 16.7. The average Bonchev–Trinajstić information content (AvgIpc) is 2.78. The Balaban J connectivity index is 1.74. The molecule has 0 aliphatic heterocycles. The SMILES string of the molecule is COc1cc2nccc(Oc3ccc(NC(=O)NC(=O)CNC(C)C)cc3Cl)c2cc1OC. The van der Waals surface area contributed by atoms with Crippen LogP contribution in [0.1, 0.15) is 13.8 Å². The van der Waals surface area contributed by atoms with E-state index in [2.05, 4.69) is 20.9 Å². The second kappa shape index (κ2) is 10.8. The highest BCUT2D eigenvalue weighted by Crippen LogP contribution is 2.38. The number of aromatic nitrogens is 1. The van der Waals surface area contributed by atoms with Crippen LogP contribution < -0.4 is 30.2 Å². The van der Waals surface area contributed by atoms with E-state index in [9.17, 15) is 9.59 Å². The molecule has 0 spiro atoms. The largest absolute Gasteiger partial charge is 0.493 e. The molecule has 33 heavy (non-hydrogen) atoms. The van der Waals surface area contributed by atoms with Crippen molar-refractivity contribution in [3.63, 3.8) is 0 Å². The Morgan fingerprint density at radius 3 is 2.39 bits per heavy atom. The fraction of sp³-hybridized carbons (Fsp3) is 0.261. The Bertz CT molecular complexity index is 1170. The number of imide groups is 1. The Morgan fingerprint density at radius 1 is 1.00 bits per heavy atom. The summed E-state index contributed by atoms with van der Waals surface area (Å²) in [6.07, 6.45) is 1.61. The van der Waals surface area contributed by atoms with Crippen LogP contribution in [0.25, 0.3) is 10.9 Å². The van der Waals surface area contributed by atoms with Crippen LogP contribution in [0.4, 0.5) is 10.5 Å². The van der Waals surface area contributed by atoms with Gasteiger partial charge in [-0.25, -0.2) is 4.79 Å². The van der Waals surface area contributed by atoms with E-state index >= 15 is 0 Å². The third-order valence-corrected chi connectivity index (χ3v) is 4.84. The third kappa shape index (κ3) is 6.24. The molecule has 0 saturated carbocycles. The molecule has 1 heterocycles. The van der Waals surface area contributed by atoms with Gasteiger partial charge in [-0.15, -0.1) is 0 Å². The van der Waals surface area contributed by atoms with E-state index in [1.54, 1.807) is 50.7 Å². The predicted molar refractivity (Wildman–Crippen MR) is 127 cm³/mol. The molecule has 1 aromatic heterocycles. The first-order valence-electron chi connectivity index (χ1n) is 10.1. The summed E-state index contributed by atoms with van der Waals surface area (Å²) in [4.78, 5) is 28.2. The van der Waals surface area contributed by atoms with Crippen molar-refractivity contribution >= 4 is 40.1 Å². The summed E-state index contributed by atoms with van der Waals surface area (Å²) >= 11 is 6.38. The van der Waals surface area contributed by atoms with Gasteiger partial charge in [-0.1, -0.05) is 25.4 Å². The van der Waals surface area contributed by atoms with E-state index in [0.29, 0.717) is 39.6 Å². The smallest absolute Gasteiger partial charge is 0.325 e. The normalized spacial score (nSPS) is 10.7. The lowest BCUT2D eigenvalue weighted by Crippen LogP contribution is -2.41. The van der Waals surface area contributed by atoms with Crippen LogP contribution in [-0.4, -0.2) is 43.7 Å². The lowest BCUT2D eigenvalue weighted by atomic mass is 10.2. The van der Waals surface area contributed by atoms with Crippen molar-refractivity contribution in [1.82, 2.24) is 15.6 Å². The highest BCUT2D eigenvalue weighted by molar-refractivity contribution is 6.32. The summed E-state index contributed by atoms with van der Waals surface area (Å²) in [7, 11) is 3.10. The quantitative estimate of drug-likeness (QED) is 0.447. The zero-order valence-corrected chi connectivity index (χ0v) is 19.4. The number of pyridine rings is 1. The molecule has 174 valence electrons. The molecule has 0 unspecified atom stereocenters. The maximum Gasteiger partial charge on any atom is 0.325 e. The molecule has 3 aromatic rings. The van der Waals surface area contributed by atoms with Crippen LogP contribution in [0.3, 0.4) is 0 Å². The van der Waals surface area contributed by atoms with Crippen molar-refractivity contribution in [2.45, 2.75) is 19.9 Å². The second-order valence-electron chi connectivity index (χ2n) is 7.32. The van der Waals surface area contributed by atoms with Crippen molar-refractivity contribution in [3.05, 3.63) is 47.6 Å². The molecular formula is C23H25ClN4O5. The highest BCUT2D eigenvalue weighted by atomic mass is 35.5. The number of benzene rings is 2. The minimum atomic E-state index is -0.656. The Hall–Kier alpha value is -3.56. The van der Waals surface area contributed by atoms with E-state index in [0.717, 1.165) is 0 Å². The van der Waals surface area contributed by atoms with Gasteiger partial charge in [0.25, 0.3) is 0 Å². The number of hydrogen-bond donors (Lipinski definition) is 3. The average molecular weight is 473 g/mol. The lowest BCUT2D eigenvalue weighted by molar-refractivity contribution is -0.119. The van der Waals surface area contributed by atoms with Crippen LogP contribution in [0, 0.1) is 0 Å². The third-order valence-electron chi connectivity index (χ3n) is 4.54. The molecule has 0 bridgehead atoms. The van der Waals surface area contributed by atoms with E-state index in [4.69, 9.17) is 25.8 Å². The summed E-state index contributed by atoms with van der Waals surface area (Å²) in [6.45, 7) is 3.84. The van der Waals surface area contributed by atoms with Gasteiger partial charge >= 0.3 is 6.03 Å². The second-order valence-corrected chi connectivity index (χ2v) is 7.73. The molecule has 3 rings (SSSR count). The standard InChI is InChI=1S/C23H25ClN4O5/c1-13(2)26-12-22(29)28-23(30)27-14-5-6-19(16(24)9-14)33-18-7-8-25-17-11-21(32-4)20(31-3)10-15(17)18/h5-11,13,26H,12H2,1-4H3,(H2,27,28,29,30). The van der Waals surface area contributed by atoms with Gasteiger partial charge in [0, 0.05) is 29.4 Å². The molecule has 10 heteroatoms. The maximum absolute atomic E-state index is 12.0. The lowest BCUT2D eigenvalue weighted by Gasteiger charge is -2.14. The molecule has 3 N–H and O–H groups in total. The van der Waals surface area contributed by atoms with E-state index in [1.165, 1.54) is 6.07 Å². The van der Waals surface area contributed by atoms with Crippen molar-refractivity contribution in [2.24, 2.45) is 0 Å². The number of methoxy groups -OCH3 is 2. The van der Waals surface area contributed by atoms with Gasteiger partial charge in [0.1, 0.15) is 11.5 Å². The summed E-state index contributed by atoms with van der Waals surface area (Å²) in [5.41, 5.74) is 1.06. The van der Waals surface area contributed by atoms with E-state index in [-0.39, 0.29) is 17.6 Å². The molecule has 9 nitrogen and oxygen atoms in total. The molecule has 0 aliphatic carbocycles. The number of nitrogens with one attached hydrogen (secondary N) is 3. The first kappa shape index (κ1) is 24.1. The molecule has 0 radical (unpaired) electrons. The maximum atomic E-state index is 12.0. The molecule has 0 aliphatic rings. The number of hydrogen-bond acceptors (Lipinski definition) is 7. The van der Waals surface area contributed by atoms with E-state index in [1.807, 2.05) is 13.8 Å². The molecule has 2 aromatic carbocycles. The van der Waals surface area contributed by atoms with Gasteiger partial charge in [0.15, 0.2) is 11.5 Å². The fourth-order valence-electron chi connectivity index (χ4n) is 2.95. The predicted octanol–water partition coefficient (Wildman–Crippen LogP) is 4.34. The first-order chi connectivity index (χ1) is 15.8. The van der Waals surface area contributed by atoms with Gasteiger partial charge in [-0.05, 0) is 30.3 Å². The van der Waals surface area contributed by atoms with Crippen LogP contribution in [-0.2, 0) is 4.79 Å². The Kier molecular flexibility index (Phi) is 7.92. The van der Waals surface area contributed by atoms with Crippen molar-refractivity contribution in [3.8, 4) is 23.0 Å². The van der Waals surface area contributed by atoms with Crippen LogP contribution >= 0.6 is 11.6 Å². The van der Waals surface area contributed by atoms with Crippen molar-refractivity contribution < 1.29 is 23.8 Å². The highest BCUT2D eigenvalue weighted by Gasteiger charge is 2.14. The summed E-state index contributed by atoms with van der Waals surface area (Å²) in [6, 6.07) is 9.48. The molecular weight excluding hydrogens is 448 g/mol. The van der Waals surface area contributed by atoms with Gasteiger partial charge in [-0.3, -0.25) is 15.1 Å². The number of anilines is 1. The minimum absolute atomic E-state index is 0.0369. The molecule has 0 atom stereocenters. The van der Waals surface area contributed by atoms with Crippen LogP contribution in [0.15, 0.2) is 42.6 Å². The van der Waals surface area contributed by atoms with Crippen molar-refractivity contribution in [1.29, 1.82) is 0 Å². The summed E-state index contributed by atoms with van der Waals surface area (Å²) in [5.74, 6) is 1.55. The van der Waals surface area contributed by atoms with E-state index < -0.39 is 11.9 Å². The van der Waals surface area contributed by atoms with Crippen LogP contribution in [0.5, 0.6) is 23.0 Å². The zero-order valence-electron chi connectivity index (χ0n) is 18.7. The number of urea groups is 1. The van der Waals surface area contributed by atoms with Gasteiger partial charge in [0.2, 0.25) is 5.91 Å². The van der Waals surface area contributed by atoms with Gasteiger partial charge < -0.3 is 24.8 Å². The number of carbonyl (C=O) groups is 2. The monoisotopic (exact) mass is 472 g/mol. The van der Waals surface area contributed by atoms with Crippen molar-refractivity contribution in [2.75, 3.05) is 26.1 Å². The fourth-order valence-corrected chi connectivity index (χ4v) is 3.17. The number of rotatable bonds is 8. The van der Waals surface area contributed by atoms with Crippen LogP contribution in [0.2, 0.25) is 5.02 Å². The zero-order chi connectivity index (χ0) is 24.0. The topological polar surface area (TPSA) is 111 Å². The first-order valence-corrected chi connectivity index (χ1v) is 10.5. The minimum Gasteiger partial charge on any atom is -0.493 e. The molecule has 0 fully saturated rings. The molecule has 0 saturated heterocycles. The number of halogens is 1. The number of ether oxygens (including phenoxy) is 3. The van der Waals surface area contributed by atoms with Gasteiger partial charge in [0.05, 0.1) is 31.3 Å². The number of fused-ring (bicyclic) bond motifs is 1. The Morgan fingerprint density at radius 2 is 1.73 bits per heavy atom. The number of nitrogens with zero attached hydrogens (tertiary/aromatic N) is 1. The number of carbonyl (C=O) groups excluding carboxylic acids is 2. The summed E-state index contributed by atoms with van der Waals surface area (Å²) in [5, 5.41) is 8.72. The Labute approximate surface area is 196 Å². The molecule has 3 amide bonds. The number of amides is 3.